The maximum atomic E-state index is 13.1. The number of carboxylic acids is 1. The van der Waals surface area contributed by atoms with E-state index in [0.717, 1.165) is 17.8 Å². The Morgan fingerprint density at radius 1 is 1.28 bits per heavy atom. The first kappa shape index (κ1) is 19.6. The summed E-state index contributed by atoms with van der Waals surface area (Å²) in [4.78, 5) is 17.5. The zero-order valence-electron chi connectivity index (χ0n) is 15.3. The molecule has 10 heteroatoms. The van der Waals surface area contributed by atoms with E-state index in [1.54, 1.807) is 12.1 Å². The van der Waals surface area contributed by atoms with Crippen molar-refractivity contribution in [3.63, 3.8) is 0 Å². The van der Waals surface area contributed by atoms with E-state index in [4.69, 9.17) is 4.74 Å². The van der Waals surface area contributed by atoms with Crippen molar-refractivity contribution in [2.24, 2.45) is 0 Å². The third-order valence-electron chi connectivity index (χ3n) is 5.00. The van der Waals surface area contributed by atoms with Gasteiger partial charge in [-0.3, -0.25) is 9.91 Å². The molecule has 0 aliphatic carbocycles. The second-order valence-electron chi connectivity index (χ2n) is 6.87. The standard InChI is InChI=1S/C19H19F3N4O3/c20-19(21,22)12-4-5-16-14(10-13-2-1-3-15(23-13)18(27)28)17(24-26(16)11-12)25-6-8-29-9-7-25/h1-5,11,17,24H,6-10H2,(H,27,28). The monoisotopic (exact) mass is 408 g/mol. The minimum absolute atomic E-state index is 0.0720. The van der Waals surface area contributed by atoms with Gasteiger partial charge in [-0.25, -0.2) is 15.2 Å². The highest BCUT2D eigenvalue weighted by atomic mass is 19.4. The molecule has 2 N–H and O–H groups in total. The molecular weight excluding hydrogens is 389 g/mol. The lowest BCUT2D eigenvalue weighted by Crippen LogP contribution is -2.51. The fourth-order valence-corrected chi connectivity index (χ4v) is 3.60. The number of nitrogens with zero attached hydrogens (tertiary/aromatic N) is 3. The molecule has 1 aromatic rings. The van der Waals surface area contributed by atoms with E-state index in [2.05, 4.69) is 15.3 Å². The molecule has 1 aromatic heterocycles. The zero-order valence-corrected chi connectivity index (χ0v) is 15.3. The lowest BCUT2D eigenvalue weighted by molar-refractivity contribution is -0.0896. The molecule has 29 heavy (non-hydrogen) atoms. The molecule has 3 aliphatic rings. The Balaban J connectivity index is 1.68. The van der Waals surface area contributed by atoms with E-state index >= 15 is 0 Å². The molecule has 0 saturated carbocycles. The topological polar surface area (TPSA) is 77.9 Å². The summed E-state index contributed by atoms with van der Waals surface area (Å²) < 4.78 is 44.8. The minimum atomic E-state index is -4.45. The van der Waals surface area contributed by atoms with E-state index in [-0.39, 0.29) is 11.9 Å². The summed E-state index contributed by atoms with van der Waals surface area (Å²) in [5.74, 6) is -1.13. The number of pyridine rings is 1. The van der Waals surface area contributed by atoms with E-state index in [0.29, 0.717) is 44.1 Å². The molecule has 0 radical (unpaired) electrons. The number of carboxylic acid groups (broad SMARTS) is 1. The minimum Gasteiger partial charge on any atom is -0.477 e. The Morgan fingerprint density at radius 3 is 2.72 bits per heavy atom. The Morgan fingerprint density at radius 2 is 2.03 bits per heavy atom. The summed E-state index contributed by atoms with van der Waals surface area (Å²) in [5.41, 5.74) is 4.28. The molecule has 1 unspecified atom stereocenters. The molecule has 1 saturated heterocycles. The van der Waals surface area contributed by atoms with Crippen molar-refractivity contribution in [3.8, 4) is 0 Å². The van der Waals surface area contributed by atoms with Crippen LogP contribution in [0, 0.1) is 0 Å². The Kier molecular flexibility index (Phi) is 5.15. The summed E-state index contributed by atoms with van der Waals surface area (Å²) in [6, 6.07) is 4.73. The molecule has 7 nitrogen and oxygen atoms in total. The van der Waals surface area contributed by atoms with Gasteiger partial charge in [-0.2, -0.15) is 13.2 Å². The van der Waals surface area contributed by atoms with Gasteiger partial charge in [0.25, 0.3) is 0 Å². The van der Waals surface area contributed by atoms with E-state index in [9.17, 15) is 23.1 Å². The first-order valence-corrected chi connectivity index (χ1v) is 9.09. The maximum absolute atomic E-state index is 13.1. The van der Waals surface area contributed by atoms with Gasteiger partial charge >= 0.3 is 12.1 Å². The van der Waals surface area contributed by atoms with Gasteiger partial charge in [0.05, 0.1) is 24.5 Å². The van der Waals surface area contributed by atoms with Gasteiger partial charge in [-0.1, -0.05) is 6.07 Å². The first-order chi connectivity index (χ1) is 13.8. The Hall–Kier alpha value is -2.69. The van der Waals surface area contributed by atoms with Crippen molar-refractivity contribution in [1.29, 1.82) is 0 Å². The number of carbonyl (C=O) groups is 1. The zero-order chi connectivity index (χ0) is 20.6. The number of morpholine rings is 1. The van der Waals surface area contributed by atoms with Gasteiger partial charge in [-0.05, 0) is 29.9 Å². The van der Waals surface area contributed by atoms with Crippen LogP contribution in [0.4, 0.5) is 13.2 Å². The van der Waals surface area contributed by atoms with Crippen LogP contribution in [0.25, 0.3) is 0 Å². The summed E-state index contributed by atoms with van der Waals surface area (Å²) in [5, 5.41) is 10.6. The molecule has 4 rings (SSSR count). The number of hydrogen-bond acceptors (Lipinski definition) is 6. The number of rotatable bonds is 4. The highest BCUT2D eigenvalue weighted by Crippen LogP contribution is 2.35. The second kappa shape index (κ2) is 7.62. The van der Waals surface area contributed by atoms with E-state index in [1.165, 1.54) is 17.2 Å². The quantitative estimate of drug-likeness (QED) is 0.790. The lowest BCUT2D eigenvalue weighted by atomic mass is 10.0. The number of allylic oxidation sites excluding steroid dienone is 3. The molecule has 0 amide bonds. The molecule has 0 spiro atoms. The molecule has 0 aromatic carbocycles. The number of fused-ring (bicyclic) bond motifs is 1. The fraction of sp³-hybridized carbons (Fsp3) is 0.368. The number of alkyl halides is 3. The van der Waals surface area contributed by atoms with Gasteiger partial charge in [0.15, 0.2) is 0 Å². The molecule has 1 atom stereocenters. The van der Waals surface area contributed by atoms with Crippen LogP contribution in [0.1, 0.15) is 16.2 Å². The van der Waals surface area contributed by atoms with Crippen LogP contribution in [-0.4, -0.2) is 64.6 Å². The second-order valence-corrected chi connectivity index (χ2v) is 6.87. The van der Waals surface area contributed by atoms with Crippen LogP contribution in [0.2, 0.25) is 0 Å². The van der Waals surface area contributed by atoms with Crippen molar-refractivity contribution >= 4 is 5.97 Å². The summed E-state index contributed by atoms with van der Waals surface area (Å²) in [6.45, 7) is 2.33. The lowest BCUT2D eigenvalue weighted by Gasteiger charge is -2.34. The van der Waals surface area contributed by atoms with Crippen molar-refractivity contribution < 1.29 is 27.8 Å². The van der Waals surface area contributed by atoms with Crippen molar-refractivity contribution in [1.82, 2.24) is 20.3 Å². The predicted octanol–water partition coefficient (Wildman–Crippen LogP) is 2.07. The normalized spacial score (nSPS) is 22.7. The first-order valence-electron chi connectivity index (χ1n) is 9.09. The van der Waals surface area contributed by atoms with Crippen molar-refractivity contribution in [2.45, 2.75) is 18.8 Å². The van der Waals surface area contributed by atoms with E-state index in [1.807, 2.05) is 0 Å². The summed E-state index contributed by atoms with van der Waals surface area (Å²) in [7, 11) is 0. The van der Waals surface area contributed by atoms with Crippen LogP contribution in [-0.2, 0) is 11.2 Å². The average Bonchev–Trinajstić information content (AvgIpc) is 3.06. The molecule has 0 bridgehead atoms. The smallest absolute Gasteiger partial charge is 0.417 e. The fourth-order valence-electron chi connectivity index (χ4n) is 3.60. The van der Waals surface area contributed by atoms with Crippen LogP contribution < -0.4 is 5.43 Å². The van der Waals surface area contributed by atoms with Gasteiger partial charge in [0.2, 0.25) is 0 Å². The van der Waals surface area contributed by atoms with Gasteiger partial charge in [-0.15, -0.1) is 0 Å². The number of ether oxygens (including phenoxy) is 1. The van der Waals surface area contributed by atoms with Gasteiger partial charge < -0.3 is 9.84 Å². The Bertz CT molecular complexity index is 904. The number of aromatic carboxylic acids is 1. The van der Waals surface area contributed by atoms with E-state index < -0.39 is 17.7 Å². The SMILES string of the molecule is O=C(O)c1cccc(CC2=C3C=CC(C(F)(F)F)=CN3NC2N2CCOCC2)n1. The number of hydrazine groups is 1. The van der Waals surface area contributed by atoms with Crippen LogP contribution in [0.15, 0.2) is 53.4 Å². The van der Waals surface area contributed by atoms with Gasteiger partial charge in [0, 0.05) is 31.4 Å². The summed E-state index contributed by atoms with van der Waals surface area (Å²) in [6.07, 6.45) is -0.947. The van der Waals surface area contributed by atoms with Crippen LogP contribution in [0.3, 0.4) is 0 Å². The number of hydrogen-bond donors (Lipinski definition) is 2. The molecule has 1 fully saturated rings. The van der Waals surface area contributed by atoms with Crippen LogP contribution in [0.5, 0.6) is 0 Å². The third-order valence-corrected chi connectivity index (χ3v) is 5.00. The third kappa shape index (κ3) is 4.04. The number of nitrogens with one attached hydrogen (secondary N) is 1. The van der Waals surface area contributed by atoms with Crippen molar-refractivity contribution in [3.05, 3.63) is 64.8 Å². The molecular formula is C19H19F3N4O3. The molecule has 3 aliphatic heterocycles. The number of halogens is 3. The van der Waals surface area contributed by atoms with Gasteiger partial charge in [0.1, 0.15) is 11.9 Å². The average molecular weight is 408 g/mol. The number of aromatic nitrogens is 1. The van der Waals surface area contributed by atoms with Crippen LogP contribution >= 0.6 is 0 Å². The maximum Gasteiger partial charge on any atom is 0.417 e. The molecule has 154 valence electrons. The Labute approximate surface area is 164 Å². The highest BCUT2D eigenvalue weighted by Gasteiger charge is 2.39. The predicted molar refractivity (Wildman–Crippen MR) is 96.4 cm³/mol. The van der Waals surface area contributed by atoms with Crippen molar-refractivity contribution in [2.75, 3.05) is 26.3 Å². The highest BCUT2D eigenvalue weighted by molar-refractivity contribution is 5.85. The molecule has 4 heterocycles. The largest absolute Gasteiger partial charge is 0.477 e. The summed E-state index contributed by atoms with van der Waals surface area (Å²) >= 11 is 0.